The fraction of sp³-hybridized carbons (Fsp3) is 0.500. The van der Waals surface area contributed by atoms with Gasteiger partial charge in [0.2, 0.25) is 5.91 Å². The second-order valence-corrected chi connectivity index (χ2v) is 7.62. The number of anilines is 1. The highest BCUT2D eigenvalue weighted by Gasteiger charge is 2.39. The number of halogens is 1. The van der Waals surface area contributed by atoms with Crippen molar-refractivity contribution < 1.29 is 4.79 Å². The fourth-order valence-electron chi connectivity index (χ4n) is 2.08. The van der Waals surface area contributed by atoms with E-state index in [0.29, 0.717) is 0 Å². The van der Waals surface area contributed by atoms with Gasteiger partial charge in [0.1, 0.15) is 0 Å². The molecule has 2 rings (SSSR count). The van der Waals surface area contributed by atoms with Gasteiger partial charge in [-0.2, -0.15) is 0 Å². The van der Waals surface area contributed by atoms with E-state index in [1.807, 2.05) is 30.9 Å². The van der Waals surface area contributed by atoms with Gasteiger partial charge < -0.3 is 4.90 Å². The van der Waals surface area contributed by atoms with E-state index < -0.39 is 0 Å². The number of benzene rings is 1. The predicted molar refractivity (Wildman–Crippen MR) is 81.3 cm³/mol. The lowest BCUT2D eigenvalue weighted by Crippen LogP contribution is -2.46. The second kappa shape index (κ2) is 5.25. The number of hydrogen-bond donors (Lipinski definition) is 0. The summed E-state index contributed by atoms with van der Waals surface area (Å²) >= 11 is 5.14. The monoisotopic (exact) mass is 327 g/mol. The third-order valence-electron chi connectivity index (χ3n) is 3.07. The second-order valence-electron chi connectivity index (χ2n) is 5.03. The van der Waals surface area contributed by atoms with E-state index >= 15 is 0 Å². The standard InChI is InChI=1S/C14H18BrNOS/c1-4-5-8-16-11-9-10(15)6-7-12(11)18-14(2,3)13(16)17/h6-7,9H,4-5,8H2,1-3H3. The molecule has 0 fully saturated rings. The minimum atomic E-state index is -0.366. The number of fused-ring (bicyclic) bond motifs is 1. The molecule has 0 bridgehead atoms. The van der Waals surface area contributed by atoms with Crippen LogP contribution in [0.25, 0.3) is 0 Å². The lowest BCUT2D eigenvalue weighted by Gasteiger charge is -2.38. The van der Waals surface area contributed by atoms with Gasteiger partial charge in [-0.05, 0) is 38.5 Å². The van der Waals surface area contributed by atoms with E-state index in [4.69, 9.17) is 0 Å². The van der Waals surface area contributed by atoms with Gasteiger partial charge in [0.15, 0.2) is 0 Å². The lowest BCUT2D eigenvalue weighted by molar-refractivity contribution is -0.120. The number of rotatable bonds is 3. The Bertz CT molecular complexity index is 473. The number of carbonyl (C=O) groups excluding carboxylic acids is 1. The molecule has 1 aliphatic rings. The van der Waals surface area contributed by atoms with E-state index in [1.54, 1.807) is 11.8 Å². The van der Waals surface area contributed by atoms with Crippen LogP contribution in [0.2, 0.25) is 0 Å². The van der Waals surface area contributed by atoms with Crippen LogP contribution in [-0.2, 0) is 4.79 Å². The predicted octanol–water partition coefficient (Wildman–Crippen LogP) is 4.47. The molecule has 4 heteroatoms. The summed E-state index contributed by atoms with van der Waals surface area (Å²) in [4.78, 5) is 15.7. The third kappa shape index (κ3) is 2.59. The molecule has 1 aliphatic heterocycles. The molecule has 1 heterocycles. The van der Waals surface area contributed by atoms with Crippen molar-refractivity contribution >= 4 is 39.3 Å². The maximum Gasteiger partial charge on any atom is 0.243 e. The van der Waals surface area contributed by atoms with Crippen molar-refractivity contribution in [3.63, 3.8) is 0 Å². The zero-order valence-corrected chi connectivity index (χ0v) is 13.4. The first-order valence-corrected chi connectivity index (χ1v) is 7.87. The van der Waals surface area contributed by atoms with Crippen LogP contribution in [0.1, 0.15) is 33.6 Å². The molecule has 0 aliphatic carbocycles. The molecule has 0 saturated carbocycles. The van der Waals surface area contributed by atoms with Crippen molar-refractivity contribution in [3.05, 3.63) is 22.7 Å². The summed E-state index contributed by atoms with van der Waals surface area (Å²) in [5, 5.41) is 0. The van der Waals surface area contributed by atoms with Crippen molar-refractivity contribution in [3.8, 4) is 0 Å². The quantitative estimate of drug-likeness (QED) is 0.816. The average molecular weight is 328 g/mol. The largest absolute Gasteiger partial charge is 0.310 e. The highest BCUT2D eigenvalue weighted by atomic mass is 79.9. The molecule has 0 saturated heterocycles. The number of nitrogens with zero attached hydrogens (tertiary/aromatic N) is 1. The van der Waals surface area contributed by atoms with Crippen LogP contribution in [0.5, 0.6) is 0 Å². The first-order valence-electron chi connectivity index (χ1n) is 6.26. The van der Waals surface area contributed by atoms with Crippen LogP contribution in [0.15, 0.2) is 27.6 Å². The van der Waals surface area contributed by atoms with Gasteiger partial charge in [-0.15, -0.1) is 11.8 Å². The molecule has 1 aromatic rings. The molecule has 2 nitrogen and oxygen atoms in total. The minimum absolute atomic E-state index is 0.214. The summed E-state index contributed by atoms with van der Waals surface area (Å²) in [7, 11) is 0. The number of amides is 1. The van der Waals surface area contributed by atoms with Crippen LogP contribution in [0.3, 0.4) is 0 Å². The van der Waals surface area contributed by atoms with Crippen LogP contribution in [-0.4, -0.2) is 17.2 Å². The molecule has 0 N–H and O–H groups in total. The maximum atomic E-state index is 12.5. The summed E-state index contributed by atoms with van der Waals surface area (Å²) in [6.07, 6.45) is 2.14. The third-order valence-corrected chi connectivity index (χ3v) is 4.82. The Kier molecular flexibility index (Phi) is 4.07. The normalized spacial score (nSPS) is 17.8. The summed E-state index contributed by atoms with van der Waals surface area (Å²) in [5.74, 6) is 0.214. The Balaban J connectivity index is 2.43. The topological polar surface area (TPSA) is 20.3 Å². The molecule has 0 radical (unpaired) electrons. The minimum Gasteiger partial charge on any atom is -0.310 e. The van der Waals surface area contributed by atoms with Crippen LogP contribution >= 0.6 is 27.7 Å². The molecule has 0 atom stereocenters. The molecule has 98 valence electrons. The number of carbonyl (C=O) groups is 1. The summed E-state index contributed by atoms with van der Waals surface area (Å²) in [6.45, 7) is 6.97. The Morgan fingerprint density at radius 3 is 2.78 bits per heavy atom. The van der Waals surface area contributed by atoms with E-state index in [-0.39, 0.29) is 10.7 Å². The van der Waals surface area contributed by atoms with Gasteiger partial charge in [0.25, 0.3) is 0 Å². The van der Waals surface area contributed by atoms with Crippen molar-refractivity contribution in [2.75, 3.05) is 11.4 Å². The Morgan fingerprint density at radius 2 is 2.11 bits per heavy atom. The number of thioether (sulfide) groups is 1. The van der Waals surface area contributed by atoms with Gasteiger partial charge in [-0.1, -0.05) is 29.3 Å². The van der Waals surface area contributed by atoms with Crippen LogP contribution < -0.4 is 4.90 Å². The van der Waals surface area contributed by atoms with Crippen molar-refractivity contribution in [1.29, 1.82) is 0 Å². The van der Waals surface area contributed by atoms with Gasteiger partial charge in [0, 0.05) is 15.9 Å². The first kappa shape index (κ1) is 13.9. The summed E-state index contributed by atoms with van der Waals surface area (Å²) < 4.78 is 0.657. The van der Waals surface area contributed by atoms with Crippen molar-refractivity contribution in [2.24, 2.45) is 0 Å². The zero-order valence-electron chi connectivity index (χ0n) is 11.0. The molecule has 0 aromatic heterocycles. The molecular weight excluding hydrogens is 310 g/mol. The fourth-order valence-corrected chi connectivity index (χ4v) is 3.59. The van der Waals surface area contributed by atoms with Crippen LogP contribution in [0.4, 0.5) is 5.69 Å². The van der Waals surface area contributed by atoms with Crippen molar-refractivity contribution in [2.45, 2.75) is 43.3 Å². The van der Waals surface area contributed by atoms with Crippen molar-refractivity contribution in [1.82, 2.24) is 0 Å². The number of hydrogen-bond acceptors (Lipinski definition) is 2. The Hall–Kier alpha value is -0.480. The summed E-state index contributed by atoms with van der Waals surface area (Å²) in [6, 6.07) is 6.18. The molecule has 1 aromatic carbocycles. The number of unbranched alkanes of at least 4 members (excludes halogenated alkanes) is 1. The molecule has 18 heavy (non-hydrogen) atoms. The van der Waals surface area contributed by atoms with Gasteiger partial charge in [-0.25, -0.2) is 0 Å². The zero-order chi connectivity index (χ0) is 13.3. The Labute approximate surface area is 121 Å². The lowest BCUT2D eigenvalue weighted by atomic mass is 10.1. The maximum absolute atomic E-state index is 12.5. The SMILES string of the molecule is CCCCN1C(=O)C(C)(C)Sc2ccc(Br)cc21. The molecule has 0 spiro atoms. The smallest absolute Gasteiger partial charge is 0.243 e. The van der Waals surface area contributed by atoms with Crippen LogP contribution in [0, 0.1) is 0 Å². The molecule has 1 amide bonds. The molecule has 0 unspecified atom stereocenters. The average Bonchev–Trinajstić information content (AvgIpc) is 2.31. The van der Waals surface area contributed by atoms with E-state index in [1.165, 1.54) is 4.90 Å². The van der Waals surface area contributed by atoms with E-state index in [2.05, 4.69) is 28.9 Å². The highest BCUT2D eigenvalue weighted by molar-refractivity contribution is 9.10. The first-order chi connectivity index (χ1) is 8.45. The van der Waals surface area contributed by atoms with Gasteiger partial charge >= 0.3 is 0 Å². The molecular formula is C14H18BrNOS. The highest BCUT2D eigenvalue weighted by Crippen LogP contribution is 2.45. The Morgan fingerprint density at radius 1 is 1.39 bits per heavy atom. The van der Waals surface area contributed by atoms with E-state index in [9.17, 15) is 4.79 Å². The van der Waals surface area contributed by atoms with Gasteiger partial charge in [-0.3, -0.25) is 4.79 Å². The summed E-state index contributed by atoms with van der Waals surface area (Å²) in [5.41, 5.74) is 1.05. The van der Waals surface area contributed by atoms with E-state index in [0.717, 1.165) is 29.5 Å². The van der Waals surface area contributed by atoms with Gasteiger partial charge in [0.05, 0.1) is 10.4 Å².